The van der Waals surface area contributed by atoms with E-state index in [9.17, 15) is 10.1 Å². The summed E-state index contributed by atoms with van der Waals surface area (Å²) in [5, 5.41) is 11.4. The van der Waals surface area contributed by atoms with E-state index in [1.54, 1.807) is 18.3 Å². The molecule has 21 heavy (non-hydrogen) atoms. The first kappa shape index (κ1) is 15.5. The number of hydrogen-bond donors (Lipinski definition) is 0. The Morgan fingerprint density at radius 1 is 1.52 bits per heavy atom. The fourth-order valence-corrected chi connectivity index (χ4v) is 2.23. The molecule has 0 saturated carbocycles. The van der Waals surface area contributed by atoms with Gasteiger partial charge in [-0.2, -0.15) is 0 Å². The van der Waals surface area contributed by atoms with Crippen LogP contribution in [0.15, 0.2) is 30.5 Å². The molecule has 1 atom stereocenters. The molecule has 1 aromatic carbocycles. The summed E-state index contributed by atoms with van der Waals surface area (Å²) >= 11 is 5.97. The van der Waals surface area contributed by atoms with Crippen molar-refractivity contribution >= 4 is 17.3 Å². The van der Waals surface area contributed by atoms with Crippen LogP contribution in [0.5, 0.6) is 0 Å². The van der Waals surface area contributed by atoms with Crippen molar-refractivity contribution in [1.82, 2.24) is 14.5 Å². The van der Waals surface area contributed by atoms with Gasteiger partial charge in [-0.1, -0.05) is 23.7 Å². The van der Waals surface area contributed by atoms with Crippen molar-refractivity contribution in [2.24, 2.45) is 7.05 Å². The maximum Gasteiger partial charge on any atom is 0.269 e. The Balaban J connectivity index is 2.15. The van der Waals surface area contributed by atoms with Crippen LogP contribution < -0.4 is 0 Å². The molecule has 1 unspecified atom stereocenters. The molecule has 112 valence electrons. The topological polar surface area (TPSA) is 64.2 Å². The lowest BCUT2D eigenvalue weighted by molar-refractivity contribution is -0.384. The molecular weight excluding hydrogens is 292 g/mol. The van der Waals surface area contributed by atoms with Crippen LogP contribution in [0, 0.1) is 10.1 Å². The third-order valence-electron chi connectivity index (χ3n) is 3.64. The average Bonchev–Trinajstić information content (AvgIpc) is 2.78. The number of nitro groups is 1. The van der Waals surface area contributed by atoms with E-state index in [2.05, 4.69) is 9.88 Å². The van der Waals surface area contributed by atoms with E-state index >= 15 is 0 Å². The number of hydrogen-bond acceptors (Lipinski definition) is 4. The molecule has 0 aliphatic heterocycles. The van der Waals surface area contributed by atoms with E-state index in [-0.39, 0.29) is 16.7 Å². The van der Waals surface area contributed by atoms with Crippen LogP contribution >= 0.6 is 11.6 Å². The Bertz CT molecular complexity index is 656. The van der Waals surface area contributed by atoms with Gasteiger partial charge in [0, 0.05) is 25.2 Å². The molecule has 2 rings (SSSR count). The second-order valence-electron chi connectivity index (χ2n) is 5.00. The molecule has 1 heterocycles. The summed E-state index contributed by atoms with van der Waals surface area (Å²) in [7, 11) is 3.81. The third kappa shape index (κ3) is 3.40. The number of halogens is 1. The molecule has 0 aliphatic rings. The van der Waals surface area contributed by atoms with Crippen molar-refractivity contribution in [1.29, 1.82) is 0 Å². The van der Waals surface area contributed by atoms with Gasteiger partial charge in [0.05, 0.1) is 17.7 Å². The monoisotopic (exact) mass is 308 g/mol. The lowest BCUT2D eigenvalue weighted by atomic mass is 10.1. The molecule has 0 N–H and O–H groups in total. The van der Waals surface area contributed by atoms with Crippen molar-refractivity contribution in [2.75, 3.05) is 7.05 Å². The van der Waals surface area contributed by atoms with Crippen molar-refractivity contribution < 1.29 is 4.92 Å². The molecule has 0 aliphatic carbocycles. The van der Waals surface area contributed by atoms with Crippen LogP contribution in [0.25, 0.3) is 0 Å². The van der Waals surface area contributed by atoms with Gasteiger partial charge in [-0.3, -0.25) is 15.0 Å². The van der Waals surface area contributed by atoms with Crippen LogP contribution in [0.2, 0.25) is 5.15 Å². The number of rotatable bonds is 5. The summed E-state index contributed by atoms with van der Waals surface area (Å²) in [6.07, 6.45) is 1.61. The van der Waals surface area contributed by atoms with E-state index in [0.717, 1.165) is 11.4 Å². The van der Waals surface area contributed by atoms with E-state index in [0.29, 0.717) is 11.7 Å². The summed E-state index contributed by atoms with van der Waals surface area (Å²) < 4.78 is 1.82. The summed E-state index contributed by atoms with van der Waals surface area (Å²) in [5.41, 5.74) is 1.000. The summed E-state index contributed by atoms with van der Waals surface area (Å²) in [4.78, 5) is 16.8. The van der Waals surface area contributed by atoms with E-state index < -0.39 is 0 Å². The number of imidazole rings is 1. The van der Waals surface area contributed by atoms with Crippen LogP contribution in [0.3, 0.4) is 0 Å². The van der Waals surface area contributed by atoms with Crippen molar-refractivity contribution in [3.63, 3.8) is 0 Å². The second-order valence-corrected chi connectivity index (χ2v) is 5.39. The van der Waals surface area contributed by atoms with Gasteiger partial charge >= 0.3 is 0 Å². The maximum absolute atomic E-state index is 10.8. The lowest BCUT2D eigenvalue weighted by Crippen LogP contribution is -2.23. The zero-order valence-electron chi connectivity index (χ0n) is 12.2. The Morgan fingerprint density at radius 2 is 2.24 bits per heavy atom. The molecule has 0 bridgehead atoms. The quantitative estimate of drug-likeness (QED) is 0.628. The number of benzene rings is 1. The predicted molar refractivity (Wildman–Crippen MR) is 81.2 cm³/mol. The average molecular weight is 309 g/mol. The van der Waals surface area contributed by atoms with E-state index in [1.807, 2.05) is 31.7 Å². The van der Waals surface area contributed by atoms with Gasteiger partial charge in [0.2, 0.25) is 0 Å². The Morgan fingerprint density at radius 3 is 2.81 bits per heavy atom. The van der Waals surface area contributed by atoms with Gasteiger partial charge in [-0.25, -0.2) is 4.98 Å². The summed E-state index contributed by atoms with van der Waals surface area (Å²) in [5.74, 6) is 0.847. The fourth-order valence-electron chi connectivity index (χ4n) is 2.08. The predicted octanol–water partition coefficient (Wildman–Crippen LogP) is 3.17. The van der Waals surface area contributed by atoms with Crippen molar-refractivity contribution in [3.05, 3.63) is 57.1 Å². The van der Waals surface area contributed by atoms with Crippen LogP contribution in [0.4, 0.5) is 5.69 Å². The highest BCUT2D eigenvalue weighted by Crippen LogP contribution is 2.24. The summed E-state index contributed by atoms with van der Waals surface area (Å²) in [6, 6.07) is 6.72. The zero-order valence-corrected chi connectivity index (χ0v) is 12.9. The smallest absolute Gasteiger partial charge is 0.269 e. The van der Waals surface area contributed by atoms with Gasteiger partial charge in [-0.15, -0.1) is 0 Å². The van der Waals surface area contributed by atoms with E-state index in [1.165, 1.54) is 6.07 Å². The SMILES string of the molecule is CC(c1cccc([N+](=O)[O-])c1)N(C)Cc1ncc(Cl)n1C. The fraction of sp³-hybridized carbons (Fsp3) is 0.357. The number of nitro benzene ring substituents is 1. The molecule has 6 nitrogen and oxygen atoms in total. The minimum Gasteiger partial charge on any atom is -0.321 e. The largest absolute Gasteiger partial charge is 0.321 e. The first-order chi connectivity index (χ1) is 9.90. The molecule has 0 fully saturated rings. The van der Waals surface area contributed by atoms with E-state index in [4.69, 9.17) is 11.6 Å². The normalized spacial score (nSPS) is 12.6. The summed E-state index contributed by atoms with van der Waals surface area (Å²) in [6.45, 7) is 2.61. The molecule has 0 radical (unpaired) electrons. The van der Waals surface area contributed by atoms with Crippen LogP contribution in [-0.4, -0.2) is 26.4 Å². The minimum absolute atomic E-state index is 0.0281. The van der Waals surface area contributed by atoms with Crippen LogP contribution in [-0.2, 0) is 13.6 Å². The molecular formula is C14H17ClN4O2. The number of aromatic nitrogens is 2. The molecule has 0 amide bonds. The first-order valence-corrected chi connectivity index (χ1v) is 6.88. The molecule has 0 saturated heterocycles. The molecule has 7 heteroatoms. The van der Waals surface area contributed by atoms with Gasteiger partial charge in [0.25, 0.3) is 5.69 Å². The number of non-ortho nitro benzene ring substituents is 1. The molecule has 1 aromatic heterocycles. The minimum atomic E-state index is -0.380. The number of nitrogens with zero attached hydrogens (tertiary/aromatic N) is 4. The maximum atomic E-state index is 10.8. The highest BCUT2D eigenvalue weighted by Gasteiger charge is 2.17. The van der Waals surface area contributed by atoms with Gasteiger partial charge in [0.15, 0.2) is 0 Å². The van der Waals surface area contributed by atoms with Gasteiger partial charge < -0.3 is 4.57 Å². The van der Waals surface area contributed by atoms with Gasteiger partial charge in [0.1, 0.15) is 11.0 Å². The van der Waals surface area contributed by atoms with Crippen molar-refractivity contribution in [2.45, 2.75) is 19.5 Å². The Kier molecular flexibility index (Phi) is 4.59. The van der Waals surface area contributed by atoms with Gasteiger partial charge in [-0.05, 0) is 19.5 Å². The highest BCUT2D eigenvalue weighted by atomic mass is 35.5. The second kappa shape index (κ2) is 6.24. The Labute approximate surface area is 128 Å². The lowest BCUT2D eigenvalue weighted by Gasteiger charge is -2.24. The zero-order chi connectivity index (χ0) is 15.6. The molecule has 0 spiro atoms. The highest BCUT2D eigenvalue weighted by molar-refractivity contribution is 6.29. The third-order valence-corrected chi connectivity index (χ3v) is 3.99. The van der Waals surface area contributed by atoms with Crippen LogP contribution in [0.1, 0.15) is 24.4 Å². The first-order valence-electron chi connectivity index (χ1n) is 6.51. The standard InChI is InChI=1S/C14H17ClN4O2/c1-10(11-5-4-6-12(7-11)19(20)21)17(2)9-14-16-8-13(15)18(14)3/h4-8,10H,9H2,1-3H3. The Hall–Kier alpha value is -1.92. The molecule has 2 aromatic rings. The van der Waals surface area contributed by atoms with Crippen molar-refractivity contribution in [3.8, 4) is 0 Å².